The summed E-state index contributed by atoms with van der Waals surface area (Å²) in [4.78, 5) is 24.2. The van der Waals surface area contributed by atoms with Crippen molar-refractivity contribution in [3.8, 4) is 5.75 Å². The van der Waals surface area contributed by atoms with Crippen molar-refractivity contribution in [3.05, 3.63) is 23.8 Å². The van der Waals surface area contributed by atoms with Gasteiger partial charge in [0, 0.05) is 12.7 Å². The van der Waals surface area contributed by atoms with Crippen LogP contribution in [0.2, 0.25) is 0 Å². The molecule has 0 aliphatic carbocycles. The summed E-state index contributed by atoms with van der Waals surface area (Å²) in [6, 6.07) is 5.57. The SMILES string of the molecule is CCc1cc(N(C)C(=O)CC(C)=O)ccc1OC. The number of ketones is 1. The number of ether oxygens (including phenoxy) is 1. The van der Waals surface area contributed by atoms with E-state index in [0.717, 1.165) is 23.4 Å². The molecule has 1 aromatic carbocycles. The van der Waals surface area contributed by atoms with Crippen molar-refractivity contribution in [2.24, 2.45) is 0 Å². The molecule has 0 unspecified atom stereocenters. The third-order valence-corrected chi connectivity index (χ3v) is 2.81. The van der Waals surface area contributed by atoms with E-state index in [1.54, 1.807) is 14.2 Å². The molecule has 4 nitrogen and oxygen atoms in total. The summed E-state index contributed by atoms with van der Waals surface area (Å²) < 4.78 is 5.24. The van der Waals surface area contributed by atoms with Crippen molar-refractivity contribution in [2.45, 2.75) is 26.7 Å². The van der Waals surface area contributed by atoms with Crippen molar-refractivity contribution in [1.29, 1.82) is 0 Å². The van der Waals surface area contributed by atoms with E-state index in [2.05, 4.69) is 0 Å². The number of nitrogens with zero attached hydrogens (tertiary/aromatic N) is 1. The second-order valence-electron chi connectivity index (χ2n) is 4.18. The molecule has 0 radical (unpaired) electrons. The Labute approximate surface area is 108 Å². The number of methoxy groups -OCH3 is 1. The van der Waals surface area contributed by atoms with Crippen molar-refractivity contribution in [2.75, 3.05) is 19.1 Å². The fraction of sp³-hybridized carbons (Fsp3) is 0.429. The van der Waals surface area contributed by atoms with Crippen LogP contribution in [0.1, 0.15) is 25.8 Å². The van der Waals surface area contributed by atoms with Gasteiger partial charge in [0.25, 0.3) is 0 Å². The molecule has 0 atom stereocenters. The van der Waals surface area contributed by atoms with Crippen LogP contribution < -0.4 is 9.64 Å². The molecular formula is C14H19NO3. The van der Waals surface area contributed by atoms with Gasteiger partial charge in [-0.2, -0.15) is 0 Å². The number of aryl methyl sites for hydroxylation is 1. The molecule has 0 aromatic heterocycles. The maximum atomic E-state index is 11.8. The number of Topliss-reactive ketones (excluding diaryl/α,β-unsaturated/α-hetero) is 1. The van der Waals surface area contributed by atoms with Crippen molar-refractivity contribution in [1.82, 2.24) is 0 Å². The van der Waals surface area contributed by atoms with Gasteiger partial charge in [-0.3, -0.25) is 9.59 Å². The maximum absolute atomic E-state index is 11.8. The third kappa shape index (κ3) is 3.32. The van der Waals surface area contributed by atoms with Crippen LogP contribution in [0, 0.1) is 0 Å². The second-order valence-corrected chi connectivity index (χ2v) is 4.18. The Balaban J connectivity index is 2.96. The molecule has 4 heteroatoms. The summed E-state index contributed by atoms with van der Waals surface area (Å²) in [5.74, 6) is 0.486. The average Bonchev–Trinajstić information content (AvgIpc) is 2.36. The Morgan fingerprint density at radius 1 is 1.33 bits per heavy atom. The van der Waals surface area contributed by atoms with E-state index in [9.17, 15) is 9.59 Å². The summed E-state index contributed by atoms with van der Waals surface area (Å²) in [6.45, 7) is 3.44. The predicted molar refractivity (Wildman–Crippen MR) is 71.1 cm³/mol. The van der Waals surface area contributed by atoms with Crippen LogP contribution in [0.3, 0.4) is 0 Å². The van der Waals surface area contributed by atoms with Gasteiger partial charge in [0.1, 0.15) is 11.5 Å². The Morgan fingerprint density at radius 2 is 2.00 bits per heavy atom. The first-order valence-corrected chi connectivity index (χ1v) is 5.92. The van der Waals surface area contributed by atoms with Crippen LogP contribution >= 0.6 is 0 Å². The minimum atomic E-state index is -0.199. The van der Waals surface area contributed by atoms with Gasteiger partial charge < -0.3 is 9.64 Å². The van der Waals surface area contributed by atoms with Crippen LogP contribution in [0.15, 0.2) is 18.2 Å². The first-order valence-electron chi connectivity index (χ1n) is 5.92. The summed E-state index contributed by atoms with van der Waals surface area (Å²) in [6.07, 6.45) is 0.760. The topological polar surface area (TPSA) is 46.6 Å². The van der Waals surface area contributed by atoms with Crippen molar-refractivity contribution < 1.29 is 14.3 Å². The Hall–Kier alpha value is -1.84. The summed E-state index contributed by atoms with van der Waals surface area (Å²) in [5, 5.41) is 0. The van der Waals surface area contributed by atoms with E-state index < -0.39 is 0 Å². The lowest BCUT2D eigenvalue weighted by Gasteiger charge is -2.18. The first kappa shape index (κ1) is 14.2. The van der Waals surface area contributed by atoms with Gasteiger partial charge in [0.05, 0.1) is 13.5 Å². The van der Waals surface area contributed by atoms with Crippen molar-refractivity contribution in [3.63, 3.8) is 0 Å². The number of benzene rings is 1. The smallest absolute Gasteiger partial charge is 0.234 e. The number of carbonyl (C=O) groups excluding carboxylic acids is 2. The zero-order chi connectivity index (χ0) is 13.7. The number of hydrogen-bond donors (Lipinski definition) is 0. The van der Waals surface area contributed by atoms with E-state index in [1.165, 1.54) is 11.8 Å². The van der Waals surface area contributed by atoms with Gasteiger partial charge >= 0.3 is 0 Å². The number of carbonyl (C=O) groups is 2. The average molecular weight is 249 g/mol. The van der Waals surface area contributed by atoms with Crippen LogP contribution in [-0.4, -0.2) is 25.8 Å². The first-order chi connectivity index (χ1) is 8.49. The molecule has 0 bridgehead atoms. The summed E-state index contributed by atoms with van der Waals surface area (Å²) in [5.41, 5.74) is 1.82. The Morgan fingerprint density at radius 3 is 2.50 bits per heavy atom. The molecule has 1 amide bonds. The molecule has 1 aromatic rings. The van der Waals surface area contributed by atoms with Crippen molar-refractivity contribution >= 4 is 17.4 Å². The normalized spacial score (nSPS) is 10.0. The van der Waals surface area contributed by atoms with Gasteiger partial charge in [-0.25, -0.2) is 0 Å². The van der Waals surface area contributed by atoms with Gasteiger partial charge in [-0.1, -0.05) is 6.92 Å². The van der Waals surface area contributed by atoms with Gasteiger partial charge in [-0.05, 0) is 37.1 Å². The molecule has 1 rings (SSSR count). The predicted octanol–water partition coefficient (Wildman–Crippen LogP) is 2.20. The summed E-state index contributed by atoms with van der Waals surface area (Å²) in [7, 11) is 3.30. The maximum Gasteiger partial charge on any atom is 0.234 e. The van der Waals surface area contributed by atoms with E-state index in [0.29, 0.717) is 0 Å². The van der Waals surface area contributed by atoms with Crippen LogP contribution in [0.5, 0.6) is 5.75 Å². The minimum absolute atomic E-state index is 0.0655. The van der Waals surface area contributed by atoms with Crippen LogP contribution in [-0.2, 0) is 16.0 Å². The highest BCUT2D eigenvalue weighted by molar-refractivity contribution is 6.04. The molecule has 0 aliphatic rings. The van der Waals surface area contributed by atoms with Crippen LogP contribution in [0.4, 0.5) is 5.69 Å². The monoisotopic (exact) mass is 249 g/mol. The van der Waals surface area contributed by atoms with E-state index >= 15 is 0 Å². The number of rotatable bonds is 5. The molecule has 0 heterocycles. The molecule has 0 fully saturated rings. The highest BCUT2D eigenvalue weighted by atomic mass is 16.5. The zero-order valence-electron chi connectivity index (χ0n) is 11.3. The molecule has 18 heavy (non-hydrogen) atoms. The molecule has 0 saturated carbocycles. The Kier molecular flexibility index (Phi) is 4.89. The van der Waals surface area contributed by atoms with E-state index in [-0.39, 0.29) is 18.1 Å². The Bertz CT molecular complexity index is 454. The number of hydrogen-bond acceptors (Lipinski definition) is 3. The fourth-order valence-corrected chi connectivity index (χ4v) is 1.73. The minimum Gasteiger partial charge on any atom is -0.496 e. The molecule has 0 N–H and O–H groups in total. The molecular weight excluding hydrogens is 230 g/mol. The van der Waals surface area contributed by atoms with Gasteiger partial charge in [0.15, 0.2) is 0 Å². The standard InChI is InChI=1S/C14H19NO3/c1-5-11-9-12(6-7-13(11)18-4)15(3)14(17)8-10(2)16/h6-7,9H,5,8H2,1-4H3. The summed E-state index contributed by atoms with van der Waals surface area (Å²) >= 11 is 0. The third-order valence-electron chi connectivity index (χ3n) is 2.81. The molecule has 98 valence electrons. The highest BCUT2D eigenvalue weighted by Gasteiger charge is 2.14. The lowest BCUT2D eigenvalue weighted by Crippen LogP contribution is -2.27. The largest absolute Gasteiger partial charge is 0.496 e. The lowest BCUT2D eigenvalue weighted by molar-refractivity contribution is -0.125. The molecule has 0 spiro atoms. The lowest BCUT2D eigenvalue weighted by atomic mass is 10.1. The molecule has 0 saturated heterocycles. The van der Waals surface area contributed by atoms with E-state index in [4.69, 9.17) is 4.74 Å². The van der Waals surface area contributed by atoms with E-state index in [1.807, 2.05) is 25.1 Å². The van der Waals surface area contributed by atoms with Crippen LogP contribution in [0.25, 0.3) is 0 Å². The van der Waals surface area contributed by atoms with Gasteiger partial charge in [0.2, 0.25) is 5.91 Å². The second kappa shape index (κ2) is 6.19. The zero-order valence-corrected chi connectivity index (χ0v) is 11.3. The van der Waals surface area contributed by atoms with Gasteiger partial charge in [-0.15, -0.1) is 0 Å². The highest BCUT2D eigenvalue weighted by Crippen LogP contribution is 2.25. The number of anilines is 1. The fourth-order valence-electron chi connectivity index (χ4n) is 1.73. The quantitative estimate of drug-likeness (QED) is 0.751. The number of amides is 1. The molecule has 0 aliphatic heterocycles.